The smallest absolute Gasteiger partial charge is 0.316 e. The average molecular weight is 206 g/mol. The summed E-state index contributed by atoms with van der Waals surface area (Å²) in [6.07, 6.45) is 0.896. The molecule has 0 aromatic heterocycles. The fraction of sp³-hybridized carbons (Fsp3) is 0.889. The molecule has 0 aliphatic rings. The standard InChI is InChI=1S/C9H18O3S/c1-4-8(9(10)11)13-6-5-12-7(2)3/h7-8H,4-6H2,1-3H3,(H,10,11). The van der Waals surface area contributed by atoms with Crippen molar-refractivity contribution in [2.45, 2.75) is 38.5 Å². The summed E-state index contributed by atoms with van der Waals surface area (Å²) in [5.41, 5.74) is 0. The van der Waals surface area contributed by atoms with Crippen molar-refractivity contribution in [3.63, 3.8) is 0 Å². The van der Waals surface area contributed by atoms with Crippen LogP contribution in [0.5, 0.6) is 0 Å². The summed E-state index contributed by atoms with van der Waals surface area (Å²) in [6, 6.07) is 0. The van der Waals surface area contributed by atoms with Gasteiger partial charge in [0, 0.05) is 5.75 Å². The fourth-order valence-corrected chi connectivity index (χ4v) is 1.69. The second-order valence-corrected chi connectivity index (χ2v) is 4.34. The van der Waals surface area contributed by atoms with Gasteiger partial charge in [-0.25, -0.2) is 0 Å². The van der Waals surface area contributed by atoms with Crippen LogP contribution in [0.25, 0.3) is 0 Å². The number of hydrogen-bond acceptors (Lipinski definition) is 3. The zero-order valence-electron chi connectivity index (χ0n) is 8.45. The van der Waals surface area contributed by atoms with Crippen LogP contribution in [0.1, 0.15) is 27.2 Å². The first-order valence-electron chi connectivity index (χ1n) is 4.54. The van der Waals surface area contributed by atoms with Crippen molar-refractivity contribution in [2.24, 2.45) is 0 Å². The van der Waals surface area contributed by atoms with E-state index in [2.05, 4.69) is 0 Å². The summed E-state index contributed by atoms with van der Waals surface area (Å²) in [6.45, 7) is 6.46. The lowest BCUT2D eigenvalue weighted by atomic mass is 10.3. The van der Waals surface area contributed by atoms with Crippen molar-refractivity contribution in [2.75, 3.05) is 12.4 Å². The Labute approximate surface area is 83.9 Å². The summed E-state index contributed by atoms with van der Waals surface area (Å²) in [5, 5.41) is 8.44. The Morgan fingerprint density at radius 3 is 2.54 bits per heavy atom. The minimum atomic E-state index is -0.725. The Bertz CT molecular complexity index is 148. The molecule has 0 heterocycles. The lowest BCUT2D eigenvalue weighted by Crippen LogP contribution is -2.17. The van der Waals surface area contributed by atoms with Gasteiger partial charge < -0.3 is 9.84 Å². The summed E-state index contributed by atoms with van der Waals surface area (Å²) in [4.78, 5) is 10.6. The summed E-state index contributed by atoms with van der Waals surface area (Å²) >= 11 is 1.45. The van der Waals surface area contributed by atoms with Crippen LogP contribution in [0.4, 0.5) is 0 Å². The molecule has 0 fully saturated rings. The highest BCUT2D eigenvalue weighted by Crippen LogP contribution is 2.14. The predicted molar refractivity (Wildman–Crippen MR) is 55.3 cm³/mol. The van der Waals surface area contributed by atoms with Crippen LogP contribution in [-0.4, -0.2) is 34.8 Å². The molecule has 1 N–H and O–H groups in total. The lowest BCUT2D eigenvalue weighted by Gasteiger charge is -2.10. The van der Waals surface area contributed by atoms with Gasteiger partial charge in [-0.1, -0.05) is 6.92 Å². The monoisotopic (exact) mass is 206 g/mol. The number of carboxylic acid groups (broad SMARTS) is 1. The first-order chi connectivity index (χ1) is 6.07. The largest absolute Gasteiger partial charge is 0.480 e. The van der Waals surface area contributed by atoms with E-state index in [1.54, 1.807) is 0 Å². The Morgan fingerprint density at radius 2 is 2.15 bits per heavy atom. The SMILES string of the molecule is CCC(SCCOC(C)C)C(=O)O. The molecule has 0 bridgehead atoms. The number of rotatable bonds is 7. The van der Waals surface area contributed by atoms with Crippen LogP contribution >= 0.6 is 11.8 Å². The predicted octanol–water partition coefficient (Wildman–Crippen LogP) is 2.01. The summed E-state index contributed by atoms with van der Waals surface area (Å²) < 4.78 is 5.30. The average Bonchev–Trinajstić information content (AvgIpc) is 2.03. The van der Waals surface area contributed by atoms with E-state index in [9.17, 15) is 4.79 Å². The van der Waals surface area contributed by atoms with Gasteiger partial charge in [0.15, 0.2) is 0 Å². The summed E-state index contributed by atoms with van der Waals surface area (Å²) in [5.74, 6) is 0.0280. The van der Waals surface area contributed by atoms with E-state index in [1.165, 1.54) is 11.8 Å². The van der Waals surface area contributed by atoms with Crippen LogP contribution in [0, 0.1) is 0 Å². The Kier molecular flexibility index (Phi) is 7.09. The second kappa shape index (κ2) is 7.21. The Morgan fingerprint density at radius 1 is 1.54 bits per heavy atom. The molecule has 0 radical (unpaired) electrons. The molecule has 0 amide bonds. The van der Waals surface area contributed by atoms with Gasteiger partial charge in [0.1, 0.15) is 5.25 Å². The highest BCUT2D eigenvalue weighted by atomic mass is 32.2. The molecule has 3 nitrogen and oxygen atoms in total. The van der Waals surface area contributed by atoms with Gasteiger partial charge in [0.05, 0.1) is 12.7 Å². The van der Waals surface area contributed by atoms with Crippen LogP contribution in [-0.2, 0) is 9.53 Å². The molecule has 0 saturated heterocycles. The first kappa shape index (κ1) is 12.8. The molecule has 1 atom stereocenters. The maximum Gasteiger partial charge on any atom is 0.316 e. The number of hydrogen-bond donors (Lipinski definition) is 1. The van der Waals surface area contributed by atoms with E-state index in [-0.39, 0.29) is 11.4 Å². The first-order valence-corrected chi connectivity index (χ1v) is 5.58. The number of carbonyl (C=O) groups is 1. The van der Waals surface area contributed by atoms with Crippen molar-refractivity contribution in [3.8, 4) is 0 Å². The number of carboxylic acids is 1. The molecule has 0 saturated carbocycles. The van der Waals surface area contributed by atoms with Gasteiger partial charge in [-0.2, -0.15) is 0 Å². The van der Waals surface area contributed by atoms with E-state index in [0.717, 1.165) is 5.75 Å². The quantitative estimate of drug-likeness (QED) is 0.647. The van der Waals surface area contributed by atoms with Gasteiger partial charge in [-0.3, -0.25) is 4.79 Å². The van der Waals surface area contributed by atoms with E-state index in [0.29, 0.717) is 13.0 Å². The second-order valence-electron chi connectivity index (χ2n) is 3.03. The molecule has 0 aromatic rings. The van der Waals surface area contributed by atoms with Gasteiger partial charge in [-0.05, 0) is 20.3 Å². The van der Waals surface area contributed by atoms with Crippen molar-refractivity contribution in [1.82, 2.24) is 0 Å². The maximum atomic E-state index is 10.6. The topological polar surface area (TPSA) is 46.5 Å². The Balaban J connectivity index is 3.44. The van der Waals surface area contributed by atoms with Crippen LogP contribution in [0.15, 0.2) is 0 Å². The third-order valence-corrected chi connectivity index (χ3v) is 2.84. The minimum Gasteiger partial charge on any atom is -0.480 e. The molecule has 1 unspecified atom stereocenters. The van der Waals surface area contributed by atoms with Crippen molar-refractivity contribution >= 4 is 17.7 Å². The molecule has 4 heteroatoms. The third-order valence-electron chi connectivity index (χ3n) is 1.50. The highest BCUT2D eigenvalue weighted by Gasteiger charge is 2.14. The van der Waals surface area contributed by atoms with Crippen LogP contribution in [0.3, 0.4) is 0 Å². The summed E-state index contributed by atoms with van der Waals surface area (Å²) in [7, 11) is 0. The fourth-order valence-electron chi connectivity index (χ4n) is 0.838. The van der Waals surface area contributed by atoms with Crippen molar-refractivity contribution in [3.05, 3.63) is 0 Å². The van der Waals surface area contributed by atoms with Gasteiger partial charge >= 0.3 is 5.97 Å². The van der Waals surface area contributed by atoms with Crippen molar-refractivity contribution in [1.29, 1.82) is 0 Å². The lowest BCUT2D eigenvalue weighted by molar-refractivity contribution is -0.136. The van der Waals surface area contributed by atoms with Gasteiger partial charge in [0.2, 0.25) is 0 Å². The molecular weight excluding hydrogens is 188 g/mol. The molecule has 0 spiro atoms. The maximum absolute atomic E-state index is 10.6. The van der Waals surface area contributed by atoms with E-state index < -0.39 is 5.97 Å². The third kappa shape index (κ3) is 6.90. The minimum absolute atomic E-state index is 0.227. The number of thioether (sulfide) groups is 1. The normalized spacial score (nSPS) is 13.2. The number of aliphatic carboxylic acids is 1. The molecular formula is C9H18O3S. The van der Waals surface area contributed by atoms with E-state index in [4.69, 9.17) is 9.84 Å². The Hall–Kier alpha value is -0.220. The van der Waals surface area contributed by atoms with E-state index >= 15 is 0 Å². The van der Waals surface area contributed by atoms with Gasteiger partial charge in [-0.15, -0.1) is 11.8 Å². The van der Waals surface area contributed by atoms with Crippen LogP contribution in [0.2, 0.25) is 0 Å². The molecule has 0 rings (SSSR count). The highest BCUT2D eigenvalue weighted by molar-refractivity contribution is 8.00. The van der Waals surface area contributed by atoms with Crippen LogP contribution < -0.4 is 0 Å². The van der Waals surface area contributed by atoms with E-state index in [1.807, 2.05) is 20.8 Å². The molecule has 0 aliphatic carbocycles. The van der Waals surface area contributed by atoms with Gasteiger partial charge in [0.25, 0.3) is 0 Å². The zero-order valence-corrected chi connectivity index (χ0v) is 9.26. The molecule has 13 heavy (non-hydrogen) atoms. The molecule has 0 aromatic carbocycles. The molecule has 0 aliphatic heterocycles. The zero-order chi connectivity index (χ0) is 10.3. The molecule has 78 valence electrons. The van der Waals surface area contributed by atoms with Crippen molar-refractivity contribution < 1.29 is 14.6 Å². The number of ether oxygens (including phenoxy) is 1.